The van der Waals surface area contributed by atoms with Gasteiger partial charge in [0.25, 0.3) is 0 Å². The summed E-state index contributed by atoms with van der Waals surface area (Å²) in [4.78, 5) is 31.5. The van der Waals surface area contributed by atoms with Crippen LogP contribution >= 0.6 is 7.60 Å². The molecule has 0 rings (SSSR count). The molecule has 118 valence electrons. The van der Waals surface area contributed by atoms with Gasteiger partial charge in [-0.2, -0.15) is 0 Å². The van der Waals surface area contributed by atoms with Gasteiger partial charge in [-0.3, -0.25) is 14.2 Å². The average Bonchev–Trinajstić information content (AvgIpc) is 2.26. The average molecular weight is 310 g/mol. The van der Waals surface area contributed by atoms with Gasteiger partial charge in [0.05, 0.1) is 12.5 Å². The Morgan fingerprint density at radius 1 is 1.15 bits per heavy atom. The maximum Gasteiger partial charge on any atom is 0.325 e. The van der Waals surface area contributed by atoms with Crippen LogP contribution in [0, 0.1) is 5.92 Å². The molecule has 7 nitrogen and oxygen atoms in total. The van der Waals surface area contributed by atoms with Crippen molar-refractivity contribution in [3.05, 3.63) is 0 Å². The molecule has 0 aliphatic rings. The van der Waals surface area contributed by atoms with Gasteiger partial charge in [-0.05, 0) is 12.8 Å². The summed E-state index contributed by atoms with van der Waals surface area (Å²) in [6, 6.07) is 0. The van der Waals surface area contributed by atoms with E-state index in [9.17, 15) is 14.2 Å². The lowest BCUT2D eigenvalue weighted by atomic mass is 10.2. The Hall–Kier alpha value is -0.910. The van der Waals surface area contributed by atoms with E-state index in [1.165, 1.54) is 6.92 Å². The van der Waals surface area contributed by atoms with Crippen molar-refractivity contribution in [3.63, 3.8) is 0 Å². The lowest BCUT2D eigenvalue weighted by Crippen LogP contribution is -2.24. The summed E-state index contributed by atoms with van der Waals surface area (Å²) >= 11 is 0. The monoisotopic (exact) mass is 310 g/mol. The molecule has 0 aromatic carbocycles. The van der Waals surface area contributed by atoms with Crippen molar-refractivity contribution in [2.75, 3.05) is 13.3 Å². The fourth-order valence-corrected chi connectivity index (χ4v) is 1.64. The topological polar surface area (TPSA) is 99.1 Å². The predicted octanol–water partition coefficient (Wildman–Crippen LogP) is 2.08. The number of unbranched alkanes of at least 4 members (excludes halogenated alkanes) is 1. The van der Waals surface area contributed by atoms with Crippen LogP contribution < -0.4 is 0 Å². The van der Waals surface area contributed by atoms with E-state index in [1.807, 2.05) is 0 Å². The molecule has 0 saturated carbocycles. The van der Waals surface area contributed by atoms with E-state index in [4.69, 9.17) is 14.4 Å². The van der Waals surface area contributed by atoms with Gasteiger partial charge < -0.3 is 18.9 Å². The van der Waals surface area contributed by atoms with Gasteiger partial charge in [0.1, 0.15) is 0 Å². The first-order valence-electron chi connectivity index (χ1n) is 6.46. The largest absolute Gasteiger partial charge is 0.425 e. The number of esters is 2. The summed E-state index contributed by atoms with van der Waals surface area (Å²) in [7, 11) is -3.45. The van der Waals surface area contributed by atoms with Crippen molar-refractivity contribution in [2.24, 2.45) is 5.92 Å². The quantitative estimate of drug-likeness (QED) is 0.301. The first kappa shape index (κ1) is 19.1. The third-order valence-corrected chi connectivity index (χ3v) is 2.82. The Balaban J connectivity index is 3.73. The standard InChI is InChI=1S/C12H23O7P/c1-9(2)12(14)19-10(3)18-11(13)7-5-6-8-17-20(4,15)16/h9-10H,5-8H2,1-4H3,(H,15,16). The molecule has 20 heavy (non-hydrogen) atoms. The lowest BCUT2D eigenvalue weighted by molar-refractivity contribution is -0.186. The fourth-order valence-electron chi connectivity index (χ4n) is 1.17. The van der Waals surface area contributed by atoms with Gasteiger partial charge in [-0.1, -0.05) is 13.8 Å². The van der Waals surface area contributed by atoms with Crippen LogP contribution in [0.25, 0.3) is 0 Å². The summed E-state index contributed by atoms with van der Waals surface area (Å²) < 4.78 is 25.2. The number of rotatable bonds is 9. The Kier molecular flexibility index (Phi) is 8.69. The van der Waals surface area contributed by atoms with E-state index >= 15 is 0 Å². The van der Waals surface area contributed by atoms with E-state index in [0.717, 1.165) is 6.66 Å². The molecular formula is C12H23O7P. The summed E-state index contributed by atoms with van der Waals surface area (Å²) in [6.45, 7) is 6.05. The molecule has 0 aromatic rings. The number of hydrogen-bond donors (Lipinski definition) is 1. The highest BCUT2D eigenvalue weighted by atomic mass is 31.2. The van der Waals surface area contributed by atoms with Crippen molar-refractivity contribution in [3.8, 4) is 0 Å². The molecular weight excluding hydrogens is 287 g/mol. The minimum Gasteiger partial charge on any atom is -0.425 e. The third-order valence-electron chi connectivity index (χ3n) is 2.16. The number of carbonyl (C=O) groups excluding carboxylic acids is 2. The van der Waals surface area contributed by atoms with Crippen LogP contribution in [0.2, 0.25) is 0 Å². The Bertz CT molecular complexity index is 361. The van der Waals surface area contributed by atoms with E-state index < -0.39 is 25.8 Å². The summed E-state index contributed by atoms with van der Waals surface area (Å²) in [5, 5.41) is 0. The van der Waals surface area contributed by atoms with Crippen LogP contribution in [0.15, 0.2) is 0 Å². The van der Waals surface area contributed by atoms with E-state index in [0.29, 0.717) is 12.8 Å². The summed E-state index contributed by atoms with van der Waals surface area (Å²) in [6.07, 6.45) is 0.144. The third kappa shape index (κ3) is 11.0. The number of carbonyl (C=O) groups is 2. The van der Waals surface area contributed by atoms with Gasteiger partial charge in [0.15, 0.2) is 0 Å². The van der Waals surface area contributed by atoms with Crippen LogP contribution in [-0.4, -0.2) is 36.4 Å². The second kappa shape index (κ2) is 9.10. The molecule has 0 fully saturated rings. The molecule has 2 atom stereocenters. The highest BCUT2D eigenvalue weighted by molar-refractivity contribution is 7.51. The molecule has 8 heteroatoms. The molecule has 0 spiro atoms. The van der Waals surface area contributed by atoms with Crippen molar-refractivity contribution >= 4 is 19.5 Å². The maximum atomic E-state index is 11.4. The molecule has 0 aliphatic heterocycles. The van der Waals surface area contributed by atoms with Crippen LogP contribution in [0.1, 0.15) is 40.0 Å². The zero-order valence-electron chi connectivity index (χ0n) is 12.3. The first-order valence-corrected chi connectivity index (χ1v) is 8.49. The lowest BCUT2D eigenvalue weighted by Gasteiger charge is -2.15. The fraction of sp³-hybridized carbons (Fsp3) is 0.833. The second-order valence-electron chi connectivity index (χ2n) is 4.74. The molecule has 0 aromatic heterocycles. The maximum absolute atomic E-state index is 11.4. The smallest absolute Gasteiger partial charge is 0.325 e. The van der Waals surface area contributed by atoms with Gasteiger partial charge in [0.2, 0.25) is 6.29 Å². The SMILES string of the molecule is CC(OC(=O)CCCCOP(C)(=O)O)OC(=O)C(C)C. The van der Waals surface area contributed by atoms with Gasteiger partial charge >= 0.3 is 19.5 Å². The second-order valence-corrected chi connectivity index (χ2v) is 6.61. The van der Waals surface area contributed by atoms with Gasteiger partial charge in [-0.25, -0.2) is 0 Å². The van der Waals surface area contributed by atoms with Crippen molar-refractivity contribution in [1.82, 2.24) is 0 Å². The van der Waals surface area contributed by atoms with Crippen LogP contribution in [-0.2, 0) is 28.2 Å². The Labute approximate surface area is 119 Å². The molecule has 0 amide bonds. The van der Waals surface area contributed by atoms with Crippen molar-refractivity contribution < 1.29 is 33.0 Å². The molecule has 0 aliphatic carbocycles. The van der Waals surface area contributed by atoms with Gasteiger partial charge in [0, 0.05) is 20.0 Å². The highest BCUT2D eigenvalue weighted by Crippen LogP contribution is 2.36. The van der Waals surface area contributed by atoms with E-state index in [-0.39, 0.29) is 18.9 Å². The summed E-state index contributed by atoms with van der Waals surface area (Å²) in [5.41, 5.74) is 0. The van der Waals surface area contributed by atoms with Crippen molar-refractivity contribution in [2.45, 2.75) is 46.3 Å². The zero-order chi connectivity index (χ0) is 15.8. The van der Waals surface area contributed by atoms with Gasteiger partial charge in [-0.15, -0.1) is 0 Å². The Morgan fingerprint density at radius 2 is 1.75 bits per heavy atom. The minimum absolute atomic E-state index is 0.107. The highest BCUT2D eigenvalue weighted by Gasteiger charge is 2.16. The molecule has 0 saturated heterocycles. The van der Waals surface area contributed by atoms with Crippen LogP contribution in [0.5, 0.6) is 0 Å². The Morgan fingerprint density at radius 3 is 2.25 bits per heavy atom. The van der Waals surface area contributed by atoms with Crippen LogP contribution in [0.4, 0.5) is 0 Å². The van der Waals surface area contributed by atoms with E-state index in [2.05, 4.69) is 4.52 Å². The molecule has 0 radical (unpaired) electrons. The molecule has 2 unspecified atom stereocenters. The number of ether oxygens (including phenoxy) is 2. The molecule has 1 N–H and O–H groups in total. The molecule has 0 heterocycles. The zero-order valence-corrected chi connectivity index (χ0v) is 13.2. The van der Waals surface area contributed by atoms with E-state index in [1.54, 1.807) is 13.8 Å². The number of hydrogen-bond acceptors (Lipinski definition) is 6. The first-order chi connectivity index (χ1) is 9.11. The van der Waals surface area contributed by atoms with Crippen molar-refractivity contribution in [1.29, 1.82) is 0 Å². The van der Waals surface area contributed by atoms with Crippen LogP contribution in [0.3, 0.4) is 0 Å². The summed E-state index contributed by atoms with van der Waals surface area (Å²) in [5.74, 6) is -1.20. The predicted molar refractivity (Wildman–Crippen MR) is 72.0 cm³/mol. The minimum atomic E-state index is -3.45. The normalized spacial score (nSPS) is 15.5. The molecule has 0 bridgehead atoms.